The molecule has 0 heterocycles. The van der Waals surface area contributed by atoms with E-state index in [1.165, 1.54) is 0 Å². The molecule has 0 aliphatic carbocycles. The van der Waals surface area contributed by atoms with Crippen LogP contribution in [0.4, 0.5) is 5.69 Å². The summed E-state index contributed by atoms with van der Waals surface area (Å²) in [6, 6.07) is 22.7. The van der Waals surface area contributed by atoms with Crippen LogP contribution in [0.1, 0.15) is 28.8 Å². The molecule has 0 unspecified atom stereocenters. The molecule has 0 saturated carbocycles. The number of benzene rings is 3. The molecule has 0 bridgehead atoms. The van der Waals surface area contributed by atoms with Crippen LogP contribution in [-0.4, -0.2) is 23.8 Å². The Morgan fingerprint density at radius 3 is 2.09 bits per heavy atom. The van der Waals surface area contributed by atoms with Crippen LogP contribution in [0.3, 0.4) is 0 Å². The van der Waals surface area contributed by atoms with Gasteiger partial charge in [0.1, 0.15) is 12.6 Å². The van der Waals surface area contributed by atoms with E-state index >= 15 is 0 Å². The van der Waals surface area contributed by atoms with E-state index in [9.17, 15) is 14.4 Å². The lowest BCUT2D eigenvalue weighted by Crippen LogP contribution is -2.42. The van der Waals surface area contributed by atoms with Crippen LogP contribution >= 0.6 is 0 Å². The summed E-state index contributed by atoms with van der Waals surface area (Å²) in [4.78, 5) is 36.5. The molecule has 1 atom stereocenters. The molecule has 0 aliphatic heterocycles. The zero-order chi connectivity index (χ0) is 22.9. The van der Waals surface area contributed by atoms with E-state index in [2.05, 4.69) is 5.32 Å². The molecule has 7 nitrogen and oxygen atoms in total. The van der Waals surface area contributed by atoms with Crippen LogP contribution < -0.4 is 16.8 Å². The maximum absolute atomic E-state index is 12.7. The van der Waals surface area contributed by atoms with Gasteiger partial charge >= 0.3 is 5.97 Å². The van der Waals surface area contributed by atoms with Crippen LogP contribution in [0, 0.1) is 0 Å². The topological polar surface area (TPSA) is 125 Å². The van der Waals surface area contributed by atoms with Crippen molar-refractivity contribution in [3.8, 4) is 11.1 Å². The van der Waals surface area contributed by atoms with Crippen molar-refractivity contribution in [3.63, 3.8) is 0 Å². The van der Waals surface area contributed by atoms with Crippen LogP contribution in [-0.2, 0) is 20.9 Å². The van der Waals surface area contributed by atoms with Gasteiger partial charge in [-0.3, -0.25) is 9.59 Å². The molecule has 0 radical (unpaired) electrons. The summed E-state index contributed by atoms with van der Waals surface area (Å²) in [7, 11) is 0. The first-order valence-corrected chi connectivity index (χ1v) is 10.2. The Kier molecular flexibility index (Phi) is 7.59. The highest BCUT2D eigenvalue weighted by Gasteiger charge is 2.23. The van der Waals surface area contributed by atoms with E-state index in [4.69, 9.17) is 16.2 Å². The third kappa shape index (κ3) is 6.43. The number of nitrogens with two attached hydrogens (primary N) is 2. The number of ether oxygens (including phenoxy) is 1. The molecule has 32 heavy (non-hydrogen) atoms. The van der Waals surface area contributed by atoms with Gasteiger partial charge in [0.25, 0.3) is 5.91 Å². The maximum atomic E-state index is 12.7. The number of carbonyl (C=O) groups excluding carboxylic acids is 3. The first kappa shape index (κ1) is 22.6. The van der Waals surface area contributed by atoms with Gasteiger partial charge in [-0.15, -0.1) is 0 Å². The fourth-order valence-electron chi connectivity index (χ4n) is 3.09. The second kappa shape index (κ2) is 10.8. The quantitative estimate of drug-likeness (QED) is 0.355. The number of carbonyl (C=O) groups is 3. The average Bonchev–Trinajstić information content (AvgIpc) is 2.81. The molecule has 164 valence electrons. The summed E-state index contributed by atoms with van der Waals surface area (Å²) in [5, 5.41) is 2.65. The van der Waals surface area contributed by atoms with Crippen molar-refractivity contribution in [1.82, 2.24) is 5.32 Å². The summed E-state index contributed by atoms with van der Waals surface area (Å²) in [6.45, 7) is 0.0217. The first-order valence-electron chi connectivity index (χ1n) is 10.2. The fourth-order valence-corrected chi connectivity index (χ4v) is 3.09. The van der Waals surface area contributed by atoms with Crippen LogP contribution in [0.2, 0.25) is 0 Å². The van der Waals surface area contributed by atoms with Gasteiger partial charge in [0.2, 0.25) is 5.91 Å². The predicted octanol–water partition coefficient (Wildman–Crippen LogP) is 3.04. The summed E-state index contributed by atoms with van der Waals surface area (Å²) >= 11 is 0. The lowest BCUT2D eigenvalue weighted by Gasteiger charge is -2.17. The van der Waals surface area contributed by atoms with Crippen molar-refractivity contribution < 1.29 is 19.1 Å². The molecule has 3 rings (SSSR count). The van der Waals surface area contributed by atoms with Crippen LogP contribution in [0.15, 0.2) is 78.9 Å². The minimum atomic E-state index is -1.00. The van der Waals surface area contributed by atoms with E-state index in [0.29, 0.717) is 11.3 Å². The van der Waals surface area contributed by atoms with Crippen molar-refractivity contribution in [2.75, 3.05) is 5.73 Å². The smallest absolute Gasteiger partial charge is 0.328 e. The van der Waals surface area contributed by atoms with E-state index in [1.807, 2.05) is 42.5 Å². The average molecular weight is 431 g/mol. The van der Waals surface area contributed by atoms with Gasteiger partial charge in [-0.2, -0.15) is 0 Å². The highest BCUT2D eigenvalue weighted by atomic mass is 16.5. The minimum absolute atomic E-state index is 0.0217. The number of hydrogen-bond acceptors (Lipinski definition) is 5. The molecular weight excluding hydrogens is 406 g/mol. The Labute approximate surface area is 186 Å². The second-order valence-electron chi connectivity index (χ2n) is 7.32. The summed E-state index contributed by atoms with van der Waals surface area (Å²) in [5.74, 6) is -1.65. The summed E-state index contributed by atoms with van der Waals surface area (Å²) in [6.07, 6.45) is -0.0153. The van der Waals surface area contributed by atoms with Gasteiger partial charge in [0, 0.05) is 17.7 Å². The molecule has 3 aromatic carbocycles. The lowest BCUT2D eigenvalue weighted by atomic mass is 10.0. The maximum Gasteiger partial charge on any atom is 0.328 e. The molecule has 0 fully saturated rings. The van der Waals surface area contributed by atoms with Crippen molar-refractivity contribution in [2.24, 2.45) is 5.73 Å². The molecule has 0 spiro atoms. The predicted molar refractivity (Wildman–Crippen MR) is 122 cm³/mol. The number of nitrogens with one attached hydrogen (secondary N) is 1. The van der Waals surface area contributed by atoms with Crippen LogP contribution in [0.25, 0.3) is 11.1 Å². The molecule has 5 N–H and O–H groups in total. The van der Waals surface area contributed by atoms with E-state index in [1.54, 1.807) is 36.4 Å². The molecule has 0 saturated heterocycles. The Balaban J connectivity index is 1.65. The van der Waals surface area contributed by atoms with Crippen molar-refractivity contribution in [1.29, 1.82) is 0 Å². The number of amides is 2. The molecule has 0 aromatic heterocycles. The summed E-state index contributed by atoms with van der Waals surface area (Å²) in [5.41, 5.74) is 14.6. The summed E-state index contributed by atoms with van der Waals surface area (Å²) < 4.78 is 5.33. The van der Waals surface area contributed by atoms with Gasteiger partial charge in [0.05, 0.1) is 0 Å². The number of anilines is 1. The zero-order valence-corrected chi connectivity index (χ0v) is 17.5. The number of esters is 1. The van der Waals surface area contributed by atoms with Gasteiger partial charge < -0.3 is 21.5 Å². The lowest BCUT2D eigenvalue weighted by molar-refractivity contribution is -0.147. The normalized spacial score (nSPS) is 11.4. The Morgan fingerprint density at radius 1 is 0.844 bits per heavy atom. The highest BCUT2D eigenvalue weighted by molar-refractivity contribution is 5.97. The molecule has 3 aromatic rings. The van der Waals surface area contributed by atoms with Crippen molar-refractivity contribution in [2.45, 2.75) is 25.5 Å². The number of nitrogen functional groups attached to an aromatic ring is 1. The van der Waals surface area contributed by atoms with Gasteiger partial charge in [-0.1, -0.05) is 54.6 Å². The SMILES string of the molecule is NC(=O)CC[C@H](NC(=O)c1ccc(-c2ccccc2)cc1)C(=O)OCc1ccc(N)cc1. The Morgan fingerprint density at radius 2 is 1.47 bits per heavy atom. The number of hydrogen-bond donors (Lipinski definition) is 3. The number of primary amides is 1. The van der Waals surface area contributed by atoms with Crippen molar-refractivity contribution in [3.05, 3.63) is 90.0 Å². The minimum Gasteiger partial charge on any atom is -0.459 e. The van der Waals surface area contributed by atoms with Gasteiger partial charge in [0.15, 0.2) is 0 Å². The third-order valence-electron chi connectivity index (χ3n) is 4.88. The molecule has 7 heteroatoms. The monoisotopic (exact) mass is 431 g/mol. The standard InChI is InChI=1S/C25H25N3O4/c26-21-12-6-17(7-13-21)16-32-25(31)22(14-15-23(27)29)28-24(30)20-10-8-19(9-11-20)18-4-2-1-3-5-18/h1-13,22H,14-16,26H2,(H2,27,29)(H,28,30)/t22-/m0/s1. The molecular formula is C25H25N3O4. The Bertz CT molecular complexity index is 1060. The van der Waals surface area contributed by atoms with Crippen molar-refractivity contribution >= 4 is 23.5 Å². The largest absolute Gasteiger partial charge is 0.459 e. The van der Waals surface area contributed by atoms with Crippen LogP contribution in [0.5, 0.6) is 0 Å². The van der Waals surface area contributed by atoms with E-state index in [0.717, 1.165) is 16.7 Å². The molecule has 0 aliphatic rings. The van der Waals surface area contributed by atoms with E-state index in [-0.39, 0.29) is 19.4 Å². The van der Waals surface area contributed by atoms with E-state index < -0.39 is 23.8 Å². The van der Waals surface area contributed by atoms with Gasteiger partial charge in [-0.05, 0) is 47.4 Å². The fraction of sp³-hybridized carbons (Fsp3) is 0.160. The highest BCUT2D eigenvalue weighted by Crippen LogP contribution is 2.19. The number of rotatable bonds is 9. The second-order valence-corrected chi connectivity index (χ2v) is 7.32. The Hall–Kier alpha value is -4.13. The third-order valence-corrected chi connectivity index (χ3v) is 4.88. The molecule has 2 amide bonds. The first-order chi connectivity index (χ1) is 15.4. The zero-order valence-electron chi connectivity index (χ0n) is 17.5. The van der Waals surface area contributed by atoms with Gasteiger partial charge in [-0.25, -0.2) is 4.79 Å².